The SMILES string of the molecule is O=C(CC1CCN(CC(F)(F)F)C1=O)c1ccc(C2=NOC(c3cc(Cl)c(F)c(Cl)c3)(C(F)(F)F)C2)c2c1CCC2. The minimum atomic E-state index is -4.99. The third-order valence-electron chi connectivity index (χ3n) is 7.74. The van der Waals surface area contributed by atoms with Gasteiger partial charge in [-0.25, -0.2) is 4.39 Å². The summed E-state index contributed by atoms with van der Waals surface area (Å²) in [5, 5.41) is 2.53. The van der Waals surface area contributed by atoms with Gasteiger partial charge in [-0.3, -0.25) is 9.59 Å². The van der Waals surface area contributed by atoms with E-state index in [4.69, 9.17) is 28.0 Å². The highest BCUT2D eigenvalue weighted by Gasteiger charge is 2.62. The molecule has 2 heterocycles. The van der Waals surface area contributed by atoms with Crippen molar-refractivity contribution in [3.05, 3.63) is 67.9 Å². The molecular weight excluding hydrogens is 604 g/mol. The molecule has 2 aromatic carbocycles. The first-order valence-electron chi connectivity index (χ1n) is 12.6. The van der Waals surface area contributed by atoms with Crippen LogP contribution >= 0.6 is 23.2 Å². The molecule has 5 rings (SSSR count). The van der Waals surface area contributed by atoms with Crippen molar-refractivity contribution >= 4 is 40.6 Å². The molecule has 2 atom stereocenters. The smallest absolute Gasteiger partial charge is 0.374 e. The van der Waals surface area contributed by atoms with E-state index in [0.717, 1.165) is 12.1 Å². The van der Waals surface area contributed by atoms with Crippen LogP contribution in [0.3, 0.4) is 0 Å². The summed E-state index contributed by atoms with van der Waals surface area (Å²) >= 11 is 11.5. The van der Waals surface area contributed by atoms with Gasteiger partial charge in [0.15, 0.2) is 11.6 Å². The van der Waals surface area contributed by atoms with E-state index < -0.39 is 70.0 Å². The van der Waals surface area contributed by atoms with Gasteiger partial charge in [0.1, 0.15) is 6.54 Å². The third kappa shape index (κ3) is 5.40. The van der Waals surface area contributed by atoms with Gasteiger partial charge in [-0.2, -0.15) is 26.3 Å². The molecule has 1 amide bonds. The predicted molar refractivity (Wildman–Crippen MR) is 135 cm³/mol. The summed E-state index contributed by atoms with van der Waals surface area (Å²) in [6.45, 7) is -1.47. The monoisotopic (exact) mass is 624 g/mol. The van der Waals surface area contributed by atoms with Gasteiger partial charge < -0.3 is 9.74 Å². The van der Waals surface area contributed by atoms with Crippen molar-refractivity contribution in [1.82, 2.24) is 4.90 Å². The minimum absolute atomic E-state index is 0.0372. The zero-order chi connectivity index (χ0) is 29.9. The average molecular weight is 625 g/mol. The lowest BCUT2D eigenvalue weighted by Crippen LogP contribution is -2.42. The van der Waals surface area contributed by atoms with Crippen LogP contribution < -0.4 is 0 Å². The number of rotatable bonds is 6. The first-order valence-corrected chi connectivity index (χ1v) is 13.4. The molecule has 41 heavy (non-hydrogen) atoms. The zero-order valence-corrected chi connectivity index (χ0v) is 22.6. The molecule has 5 nitrogen and oxygen atoms in total. The van der Waals surface area contributed by atoms with Gasteiger partial charge >= 0.3 is 12.4 Å². The molecular formula is C27H21Cl2F7N2O3. The molecule has 2 unspecified atom stereocenters. The predicted octanol–water partition coefficient (Wildman–Crippen LogP) is 7.19. The van der Waals surface area contributed by atoms with Crippen LogP contribution in [0.2, 0.25) is 10.0 Å². The summed E-state index contributed by atoms with van der Waals surface area (Å²) in [6.07, 6.45) is -8.95. The number of halogens is 9. The Hall–Kier alpha value is -2.86. The Morgan fingerprint density at radius 3 is 2.37 bits per heavy atom. The standard InChI is InChI=1S/C27H21Cl2F7N2O3/c28-19-9-14(10-20(29)23(19)30)25(27(34,35)36)11-21(37-41-25)17-4-5-18(16-3-1-2-15(16)17)22(39)8-13-6-7-38(24(13)40)12-26(31,32)33/h4-5,9-10,13H,1-3,6-8,11-12H2. The number of ketones is 1. The maximum Gasteiger partial charge on any atom is 0.435 e. The molecule has 0 spiro atoms. The van der Waals surface area contributed by atoms with Crippen LogP contribution in [0.5, 0.6) is 0 Å². The maximum atomic E-state index is 14.4. The number of alkyl halides is 6. The Bertz CT molecular complexity index is 1430. The highest BCUT2D eigenvalue weighted by Crippen LogP contribution is 2.50. The van der Waals surface area contributed by atoms with Crippen LogP contribution in [0.25, 0.3) is 0 Å². The highest BCUT2D eigenvalue weighted by atomic mass is 35.5. The zero-order valence-electron chi connectivity index (χ0n) is 21.1. The lowest BCUT2D eigenvalue weighted by molar-refractivity contribution is -0.275. The Kier molecular flexibility index (Phi) is 7.55. The van der Waals surface area contributed by atoms with E-state index in [1.807, 2.05) is 0 Å². The van der Waals surface area contributed by atoms with E-state index >= 15 is 0 Å². The van der Waals surface area contributed by atoms with Gasteiger partial charge in [-0.1, -0.05) is 40.5 Å². The Morgan fingerprint density at radius 1 is 1.07 bits per heavy atom. The van der Waals surface area contributed by atoms with Gasteiger partial charge in [0.25, 0.3) is 5.60 Å². The van der Waals surface area contributed by atoms with E-state index in [0.29, 0.717) is 40.9 Å². The lowest BCUT2D eigenvalue weighted by Gasteiger charge is -2.30. The van der Waals surface area contributed by atoms with Crippen molar-refractivity contribution in [3.63, 3.8) is 0 Å². The minimum Gasteiger partial charge on any atom is -0.374 e. The number of benzene rings is 2. The average Bonchev–Trinajstić information content (AvgIpc) is 3.61. The molecule has 3 aliphatic rings. The number of fused-ring (bicyclic) bond motifs is 1. The molecule has 1 aliphatic carbocycles. The first-order chi connectivity index (χ1) is 19.1. The van der Waals surface area contributed by atoms with E-state index in [-0.39, 0.29) is 30.7 Å². The van der Waals surface area contributed by atoms with Crippen LogP contribution in [0.1, 0.15) is 58.3 Å². The number of amides is 1. The second-order valence-electron chi connectivity index (χ2n) is 10.3. The van der Waals surface area contributed by atoms with Crippen LogP contribution in [0.15, 0.2) is 29.4 Å². The summed E-state index contributed by atoms with van der Waals surface area (Å²) in [5.41, 5.74) is -1.69. The number of oxime groups is 1. The number of Topliss-reactive ketones (excluding diaryl/α,β-unsaturated/α-hetero) is 1. The van der Waals surface area contributed by atoms with Gasteiger partial charge in [0.2, 0.25) is 5.91 Å². The fourth-order valence-corrected chi connectivity index (χ4v) is 6.26. The largest absolute Gasteiger partial charge is 0.435 e. The quantitative estimate of drug-likeness (QED) is 0.194. The fraction of sp³-hybridized carbons (Fsp3) is 0.444. The molecule has 0 aromatic heterocycles. The van der Waals surface area contributed by atoms with Crippen molar-refractivity contribution in [2.24, 2.45) is 11.1 Å². The first kappa shape index (κ1) is 29.6. The molecule has 1 fully saturated rings. The second kappa shape index (κ2) is 10.4. The highest BCUT2D eigenvalue weighted by molar-refractivity contribution is 6.35. The van der Waals surface area contributed by atoms with Crippen molar-refractivity contribution in [1.29, 1.82) is 0 Å². The molecule has 0 N–H and O–H groups in total. The molecule has 1 saturated heterocycles. The molecule has 0 bridgehead atoms. The number of hydrogen-bond acceptors (Lipinski definition) is 4. The van der Waals surface area contributed by atoms with Gasteiger partial charge in [0, 0.05) is 42.0 Å². The molecule has 0 saturated carbocycles. The van der Waals surface area contributed by atoms with Crippen LogP contribution in [0, 0.1) is 11.7 Å². The summed E-state index contributed by atoms with van der Waals surface area (Å²) in [7, 11) is 0. The molecule has 14 heteroatoms. The summed E-state index contributed by atoms with van der Waals surface area (Å²) in [6, 6.07) is 4.49. The number of nitrogens with zero attached hydrogens (tertiary/aromatic N) is 2. The molecule has 2 aliphatic heterocycles. The van der Waals surface area contributed by atoms with Crippen molar-refractivity contribution in [2.75, 3.05) is 13.1 Å². The maximum absolute atomic E-state index is 14.4. The number of carbonyl (C=O) groups is 2. The van der Waals surface area contributed by atoms with E-state index in [1.54, 1.807) is 0 Å². The molecule has 2 aromatic rings. The molecule has 220 valence electrons. The van der Waals surface area contributed by atoms with E-state index in [1.165, 1.54) is 12.1 Å². The van der Waals surface area contributed by atoms with Crippen LogP contribution in [0.4, 0.5) is 30.7 Å². The van der Waals surface area contributed by atoms with Crippen molar-refractivity contribution in [3.8, 4) is 0 Å². The Balaban J connectivity index is 1.40. The number of likely N-dealkylation sites (tertiary alicyclic amines) is 1. The summed E-state index contributed by atoms with van der Waals surface area (Å²) < 4.78 is 95.4. The number of carbonyl (C=O) groups excluding carboxylic acids is 2. The van der Waals surface area contributed by atoms with E-state index in [9.17, 15) is 40.3 Å². The van der Waals surface area contributed by atoms with Crippen LogP contribution in [-0.4, -0.2) is 47.7 Å². The fourth-order valence-electron chi connectivity index (χ4n) is 5.77. The molecule has 0 radical (unpaired) electrons. The second-order valence-corrected chi connectivity index (χ2v) is 11.2. The van der Waals surface area contributed by atoms with Crippen LogP contribution in [-0.2, 0) is 28.1 Å². The topological polar surface area (TPSA) is 59.0 Å². The summed E-state index contributed by atoms with van der Waals surface area (Å²) in [5.74, 6) is -3.10. The summed E-state index contributed by atoms with van der Waals surface area (Å²) in [4.78, 5) is 31.4. The van der Waals surface area contributed by atoms with Gasteiger partial charge in [0.05, 0.1) is 15.8 Å². The van der Waals surface area contributed by atoms with E-state index in [2.05, 4.69) is 5.16 Å². The van der Waals surface area contributed by atoms with Crippen molar-refractivity contribution < 1.29 is 45.2 Å². The Labute approximate surface area is 239 Å². The normalized spacial score (nSPS) is 22.7. The third-order valence-corrected chi connectivity index (χ3v) is 8.29. The lowest BCUT2D eigenvalue weighted by atomic mass is 9.84. The van der Waals surface area contributed by atoms with Gasteiger partial charge in [-0.05, 0) is 48.9 Å². The van der Waals surface area contributed by atoms with Gasteiger partial charge in [-0.15, -0.1) is 0 Å². The van der Waals surface area contributed by atoms with Crippen molar-refractivity contribution in [2.45, 2.75) is 56.5 Å². The number of hydrogen-bond donors (Lipinski definition) is 0. The Morgan fingerprint density at radius 2 is 1.73 bits per heavy atom.